The molecule has 1 aromatic carbocycles. The van der Waals surface area contributed by atoms with Gasteiger partial charge in [-0.25, -0.2) is 0 Å². The van der Waals surface area contributed by atoms with E-state index in [1.807, 2.05) is 30.5 Å². The molecule has 0 aliphatic heterocycles. The normalized spacial score (nSPS) is 11.2. The van der Waals surface area contributed by atoms with E-state index in [2.05, 4.69) is 29.5 Å². The van der Waals surface area contributed by atoms with E-state index in [1.54, 1.807) is 0 Å². The zero-order chi connectivity index (χ0) is 17.9. The van der Waals surface area contributed by atoms with Gasteiger partial charge in [-0.15, -0.1) is 0 Å². The molecular weight excluding hydrogens is 314 g/mol. The molecular formula is C20H31N3O2. The Morgan fingerprint density at radius 1 is 1.12 bits per heavy atom. The van der Waals surface area contributed by atoms with Crippen molar-refractivity contribution in [1.29, 1.82) is 0 Å². The van der Waals surface area contributed by atoms with E-state index in [9.17, 15) is 0 Å². The summed E-state index contributed by atoms with van der Waals surface area (Å²) in [6.07, 6.45) is 6.65. The fourth-order valence-corrected chi connectivity index (χ4v) is 2.76. The van der Waals surface area contributed by atoms with Crippen molar-refractivity contribution in [2.75, 3.05) is 31.6 Å². The fourth-order valence-electron chi connectivity index (χ4n) is 2.76. The predicted octanol–water partition coefficient (Wildman–Crippen LogP) is 3.58. The van der Waals surface area contributed by atoms with Crippen molar-refractivity contribution in [1.82, 2.24) is 10.3 Å². The average molecular weight is 345 g/mol. The first kappa shape index (κ1) is 19.5. The van der Waals surface area contributed by atoms with Gasteiger partial charge in [-0.3, -0.25) is 4.98 Å². The number of hydrogen-bond donors (Lipinski definition) is 3. The maximum atomic E-state index is 8.95. The lowest BCUT2D eigenvalue weighted by Crippen LogP contribution is -2.23. The van der Waals surface area contributed by atoms with Gasteiger partial charge in [0.25, 0.3) is 0 Å². The summed E-state index contributed by atoms with van der Waals surface area (Å²) in [6, 6.07) is 8.46. The molecule has 0 unspecified atom stereocenters. The van der Waals surface area contributed by atoms with Gasteiger partial charge in [0.1, 0.15) is 12.4 Å². The van der Waals surface area contributed by atoms with Crippen molar-refractivity contribution in [3.8, 4) is 5.75 Å². The van der Waals surface area contributed by atoms with Crippen LogP contribution in [-0.4, -0.2) is 42.4 Å². The van der Waals surface area contributed by atoms with E-state index in [-0.39, 0.29) is 6.61 Å². The van der Waals surface area contributed by atoms with Gasteiger partial charge in [-0.2, -0.15) is 0 Å². The number of ether oxygens (including phenoxy) is 1. The minimum atomic E-state index is 0.0134. The van der Waals surface area contributed by atoms with E-state index in [4.69, 9.17) is 9.84 Å². The van der Waals surface area contributed by atoms with E-state index in [1.165, 1.54) is 19.3 Å². The molecule has 2 aromatic rings. The highest BCUT2D eigenvalue weighted by molar-refractivity contribution is 5.91. The second-order valence-corrected chi connectivity index (χ2v) is 6.57. The highest BCUT2D eigenvalue weighted by atomic mass is 16.5. The second-order valence-electron chi connectivity index (χ2n) is 6.57. The molecule has 0 spiro atoms. The number of aliphatic hydroxyl groups excluding tert-OH is 1. The number of rotatable bonds is 12. The monoisotopic (exact) mass is 345 g/mol. The van der Waals surface area contributed by atoms with Gasteiger partial charge in [0.05, 0.1) is 17.8 Å². The van der Waals surface area contributed by atoms with Gasteiger partial charge in [0.2, 0.25) is 0 Å². The highest BCUT2D eigenvalue weighted by Gasteiger charge is 2.06. The van der Waals surface area contributed by atoms with Crippen LogP contribution >= 0.6 is 0 Å². The van der Waals surface area contributed by atoms with Gasteiger partial charge in [-0.05, 0) is 31.5 Å². The Balaban J connectivity index is 1.83. The molecule has 0 fully saturated rings. The standard InChI is InChI=1S/C20H31N3O2/c1-16(2)21-9-5-3-4-6-10-22-19-15-18(25-13-12-24)14-17-8-7-11-23-20(17)19/h7-8,11,14-16,21-22,24H,3-6,9-10,12-13H2,1-2H3. The van der Waals surface area contributed by atoms with Gasteiger partial charge in [0, 0.05) is 30.2 Å². The Labute approximate surface area is 150 Å². The molecule has 5 nitrogen and oxygen atoms in total. The van der Waals surface area contributed by atoms with E-state index in [0.717, 1.165) is 41.9 Å². The van der Waals surface area contributed by atoms with Crippen molar-refractivity contribution in [2.24, 2.45) is 0 Å². The Morgan fingerprint density at radius 2 is 1.92 bits per heavy atom. The van der Waals surface area contributed by atoms with Crippen molar-refractivity contribution in [3.05, 3.63) is 30.5 Å². The summed E-state index contributed by atoms with van der Waals surface area (Å²) in [7, 11) is 0. The molecule has 0 saturated heterocycles. The summed E-state index contributed by atoms with van der Waals surface area (Å²) >= 11 is 0. The first-order valence-corrected chi connectivity index (χ1v) is 9.30. The van der Waals surface area contributed by atoms with Crippen LogP contribution in [0.4, 0.5) is 5.69 Å². The molecule has 5 heteroatoms. The number of nitrogens with zero attached hydrogens (tertiary/aromatic N) is 1. The summed E-state index contributed by atoms with van der Waals surface area (Å²) in [6.45, 7) is 6.70. The topological polar surface area (TPSA) is 66.4 Å². The molecule has 0 aliphatic carbocycles. The third kappa shape index (κ3) is 6.88. The fraction of sp³-hybridized carbons (Fsp3) is 0.550. The van der Waals surface area contributed by atoms with Crippen LogP contribution in [0, 0.1) is 0 Å². The molecule has 0 amide bonds. The quantitative estimate of drug-likeness (QED) is 0.513. The SMILES string of the molecule is CC(C)NCCCCCCNc1cc(OCCO)cc2cccnc12. The van der Waals surface area contributed by atoms with Gasteiger partial charge >= 0.3 is 0 Å². The molecule has 0 aliphatic rings. The van der Waals surface area contributed by atoms with Crippen molar-refractivity contribution in [3.63, 3.8) is 0 Å². The number of nitrogens with one attached hydrogen (secondary N) is 2. The predicted molar refractivity (Wildman–Crippen MR) is 104 cm³/mol. The lowest BCUT2D eigenvalue weighted by atomic mass is 10.1. The molecule has 1 heterocycles. The summed E-state index contributed by atoms with van der Waals surface area (Å²) in [5.74, 6) is 0.761. The molecule has 0 saturated carbocycles. The first-order valence-electron chi connectivity index (χ1n) is 9.30. The van der Waals surface area contributed by atoms with Crippen LogP contribution in [0.15, 0.2) is 30.5 Å². The Bertz CT molecular complexity index is 631. The van der Waals surface area contributed by atoms with Gasteiger partial charge < -0.3 is 20.5 Å². The van der Waals surface area contributed by atoms with Crippen LogP contribution in [0.2, 0.25) is 0 Å². The minimum Gasteiger partial charge on any atom is -0.491 e. The van der Waals surface area contributed by atoms with E-state index < -0.39 is 0 Å². The van der Waals surface area contributed by atoms with Crippen LogP contribution in [0.5, 0.6) is 5.75 Å². The summed E-state index contributed by atoms with van der Waals surface area (Å²) < 4.78 is 5.57. The molecule has 0 radical (unpaired) electrons. The molecule has 25 heavy (non-hydrogen) atoms. The summed E-state index contributed by atoms with van der Waals surface area (Å²) in [4.78, 5) is 4.48. The average Bonchev–Trinajstić information content (AvgIpc) is 2.61. The largest absolute Gasteiger partial charge is 0.491 e. The lowest BCUT2D eigenvalue weighted by Gasteiger charge is -2.12. The Morgan fingerprint density at radius 3 is 2.68 bits per heavy atom. The minimum absolute atomic E-state index is 0.0134. The van der Waals surface area contributed by atoms with Crippen LogP contribution in [0.1, 0.15) is 39.5 Å². The van der Waals surface area contributed by atoms with Crippen LogP contribution in [0.25, 0.3) is 10.9 Å². The molecule has 3 N–H and O–H groups in total. The number of aromatic nitrogens is 1. The van der Waals surface area contributed by atoms with Crippen molar-refractivity contribution < 1.29 is 9.84 Å². The Kier molecular flexibility index (Phi) is 8.49. The number of unbranched alkanes of at least 4 members (excludes halogenated alkanes) is 3. The molecule has 138 valence electrons. The lowest BCUT2D eigenvalue weighted by molar-refractivity contribution is 0.201. The van der Waals surface area contributed by atoms with Crippen LogP contribution in [-0.2, 0) is 0 Å². The number of aliphatic hydroxyl groups is 1. The zero-order valence-corrected chi connectivity index (χ0v) is 15.4. The smallest absolute Gasteiger partial charge is 0.122 e. The van der Waals surface area contributed by atoms with Crippen molar-refractivity contribution >= 4 is 16.6 Å². The van der Waals surface area contributed by atoms with Gasteiger partial charge in [0.15, 0.2) is 0 Å². The summed E-state index contributed by atoms with van der Waals surface area (Å²) in [5, 5.41) is 16.9. The van der Waals surface area contributed by atoms with Crippen LogP contribution < -0.4 is 15.4 Å². The molecule has 2 rings (SSSR count). The summed E-state index contributed by atoms with van der Waals surface area (Å²) in [5.41, 5.74) is 1.95. The van der Waals surface area contributed by atoms with E-state index in [0.29, 0.717) is 12.6 Å². The van der Waals surface area contributed by atoms with Crippen molar-refractivity contribution in [2.45, 2.75) is 45.6 Å². The highest BCUT2D eigenvalue weighted by Crippen LogP contribution is 2.27. The maximum absolute atomic E-state index is 8.95. The third-order valence-electron chi connectivity index (χ3n) is 4.01. The van der Waals surface area contributed by atoms with Crippen LogP contribution in [0.3, 0.4) is 0 Å². The zero-order valence-electron chi connectivity index (χ0n) is 15.4. The number of pyridine rings is 1. The number of anilines is 1. The first-order chi connectivity index (χ1) is 12.2. The third-order valence-corrected chi connectivity index (χ3v) is 4.01. The van der Waals surface area contributed by atoms with Gasteiger partial charge in [-0.1, -0.05) is 32.8 Å². The Hall–Kier alpha value is -1.85. The maximum Gasteiger partial charge on any atom is 0.122 e. The second kappa shape index (κ2) is 10.9. The van der Waals surface area contributed by atoms with E-state index >= 15 is 0 Å². The number of fused-ring (bicyclic) bond motifs is 1. The molecule has 0 bridgehead atoms. The number of benzene rings is 1. The molecule has 0 atom stereocenters. The number of hydrogen-bond acceptors (Lipinski definition) is 5. The molecule has 1 aromatic heterocycles.